The molecule has 0 fully saturated rings. The molecule has 0 bridgehead atoms. The number of sulfone groups is 1. The van der Waals surface area contributed by atoms with Crippen molar-refractivity contribution in [3.8, 4) is 0 Å². The van der Waals surface area contributed by atoms with Crippen molar-refractivity contribution in [3.63, 3.8) is 0 Å². The average Bonchev–Trinajstić information content (AvgIpc) is 2.33. The summed E-state index contributed by atoms with van der Waals surface area (Å²) in [5.41, 5.74) is 2.07. The normalized spacial score (nSPS) is 11.2. The minimum Gasteiger partial charge on any atom is -0.353 e. The molecule has 0 unspecified atom stereocenters. The SMILES string of the molecule is Cc1nc(NN)nc(N(C)CCS(C)(=O)=O)c1[N+](=O)[O-]. The summed E-state index contributed by atoms with van der Waals surface area (Å²) in [6, 6.07) is 0. The molecule has 11 heteroatoms. The van der Waals surface area contributed by atoms with Crippen molar-refractivity contribution >= 4 is 27.3 Å². The lowest BCUT2D eigenvalue weighted by Gasteiger charge is -2.18. The molecule has 0 radical (unpaired) electrons. The van der Waals surface area contributed by atoms with Gasteiger partial charge in [0.1, 0.15) is 15.5 Å². The molecule has 0 saturated carbocycles. The number of aryl methyl sites for hydroxylation is 1. The van der Waals surface area contributed by atoms with Gasteiger partial charge in [-0.05, 0) is 6.92 Å². The lowest BCUT2D eigenvalue weighted by molar-refractivity contribution is -0.385. The number of nitrogens with one attached hydrogen (secondary N) is 1. The van der Waals surface area contributed by atoms with Crippen molar-refractivity contribution in [2.24, 2.45) is 5.84 Å². The van der Waals surface area contributed by atoms with E-state index < -0.39 is 14.8 Å². The number of hydrazine groups is 1. The van der Waals surface area contributed by atoms with Gasteiger partial charge in [-0.15, -0.1) is 0 Å². The van der Waals surface area contributed by atoms with E-state index in [0.29, 0.717) is 0 Å². The van der Waals surface area contributed by atoms with Crippen molar-refractivity contribution < 1.29 is 13.3 Å². The maximum atomic E-state index is 11.2. The van der Waals surface area contributed by atoms with Gasteiger partial charge >= 0.3 is 5.69 Å². The Labute approximate surface area is 116 Å². The Kier molecular flexibility index (Phi) is 4.78. The first-order valence-corrected chi connectivity index (χ1v) is 7.60. The summed E-state index contributed by atoms with van der Waals surface area (Å²) in [6.45, 7) is 1.52. The third-order valence-corrected chi connectivity index (χ3v) is 3.43. The zero-order valence-electron chi connectivity index (χ0n) is 11.3. The van der Waals surface area contributed by atoms with E-state index in [0.717, 1.165) is 6.26 Å². The molecule has 1 heterocycles. The third-order valence-electron chi connectivity index (χ3n) is 2.51. The fourth-order valence-corrected chi connectivity index (χ4v) is 2.11. The largest absolute Gasteiger partial charge is 0.353 e. The predicted molar refractivity (Wildman–Crippen MR) is 74.2 cm³/mol. The first-order valence-electron chi connectivity index (χ1n) is 5.54. The number of anilines is 2. The van der Waals surface area contributed by atoms with Gasteiger partial charge in [0.2, 0.25) is 11.8 Å². The molecule has 112 valence electrons. The Morgan fingerprint density at radius 3 is 2.50 bits per heavy atom. The van der Waals surface area contributed by atoms with Gasteiger partial charge in [-0.2, -0.15) is 4.98 Å². The molecule has 0 amide bonds. The van der Waals surface area contributed by atoms with E-state index in [4.69, 9.17) is 5.84 Å². The Morgan fingerprint density at radius 2 is 2.05 bits per heavy atom. The van der Waals surface area contributed by atoms with Crippen LogP contribution in [0.25, 0.3) is 0 Å². The van der Waals surface area contributed by atoms with Gasteiger partial charge in [-0.3, -0.25) is 15.5 Å². The van der Waals surface area contributed by atoms with Gasteiger partial charge in [0.15, 0.2) is 0 Å². The number of nitrogen functional groups attached to an aromatic ring is 1. The summed E-state index contributed by atoms with van der Waals surface area (Å²) >= 11 is 0. The van der Waals surface area contributed by atoms with E-state index >= 15 is 0 Å². The Bertz CT molecular complexity index is 617. The van der Waals surface area contributed by atoms with Gasteiger partial charge in [-0.25, -0.2) is 19.2 Å². The van der Waals surface area contributed by atoms with Crippen LogP contribution < -0.4 is 16.2 Å². The van der Waals surface area contributed by atoms with Crippen molar-refractivity contribution in [1.29, 1.82) is 0 Å². The highest BCUT2D eigenvalue weighted by Gasteiger charge is 2.25. The number of rotatable bonds is 6. The van der Waals surface area contributed by atoms with E-state index in [2.05, 4.69) is 15.4 Å². The first-order chi connectivity index (χ1) is 9.15. The second-order valence-electron chi connectivity index (χ2n) is 4.26. The summed E-state index contributed by atoms with van der Waals surface area (Å²) in [6.07, 6.45) is 1.09. The van der Waals surface area contributed by atoms with Crippen LogP contribution in [0, 0.1) is 17.0 Å². The number of nitrogens with two attached hydrogens (primary N) is 1. The van der Waals surface area contributed by atoms with Gasteiger partial charge in [0, 0.05) is 19.8 Å². The van der Waals surface area contributed by atoms with Crippen LogP contribution in [-0.2, 0) is 9.84 Å². The topological polar surface area (TPSA) is 144 Å². The second kappa shape index (κ2) is 5.96. The molecule has 0 aliphatic rings. The standard InChI is InChI=1S/C9H16N6O4S/c1-6-7(15(16)17)8(12-9(11-6)13-10)14(2)4-5-20(3,18)19/h4-5,10H2,1-3H3,(H,11,12,13). The average molecular weight is 304 g/mol. The molecule has 1 aromatic rings. The molecule has 0 atom stereocenters. The number of hydrogen-bond donors (Lipinski definition) is 2. The summed E-state index contributed by atoms with van der Waals surface area (Å²) in [5, 5.41) is 11.1. The van der Waals surface area contributed by atoms with E-state index in [1.807, 2.05) is 0 Å². The van der Waals surface area contributed by atoms with E-state index in [9.17, 15) is 18.5 Å². The Hall–Kier alpha value is -2.01. The summed E-state index contributed by atoms with van der Waals surface area (Å²) in [7, 11) is -1.67. The van der Waals surface area contributed by atoms with Gasteiger partial charge in [-0.1, -0.05) is 0 Å². The van der Waals surface area contributed by atoms with Crippen LogP contribution in [0.15, 0.2) is 0 Å². The fourth-order valence-electron chi connectivity index (χ4n) is 1.50. The minimum atomic E-state index is -3.18. The zero-order valence-corrected chi connectivity index (χ0v) is 12.1. The molecule has 0 aliphatic carbocycles. The molecule has 0 aromatic carbocycles. The van der Waals surface area contributed by atoms with Crippen LogP contribution >= 0.6 is 0 Å². The van der Waals surface area contributed by atoms with Crippen molar-refractivity contribution in [1.82, 2.24) is 9.97 Å². The van der Waals surface area contributed by atoms with Crippen LogP contribution in [0.1, 0.15) is 5.69 Å². The molecule has 10 nitrogen and oxygen atoms in total. The van der Waals surface area contributed by atoms with Crippen molar-refractivity contribution in [2.45, 2.75) is 6.92 Å². The van der Waals surface area contributed by atoms with Gasteiger partial charge < -0.3 is 4.90 Å². The Morgan fingerprint density at radius 1 is 1.45 bits per heavy atom. The summed E-state index contributed by atoms with van der Waals surface area (Å²) < 4.78 is 22.3. The highest BCUT2D eigenvalue weighted by atomic mass is 32.2. The monoisotopic (exact) mass is 304 g/mol. The smallest absolute Gasteiger partial charge is 0.332 e. The molecule has 1 aromatic heterocycles. The molecule has 0 aliphatic heterocycles. The van der Waals surface area contributed by atoms with Gasteiger partial charge in [0.05, 0.1) is 10.7 Å². The minimum absolute atomic E-state index is 0.0131. The Balaban J connectivity index is 3.20. The summed E-state index contributed by atoms with van der Waals surface area (Å²) in [5.74, 6) is 5.09. The molecule has 0 saturated heterocycles. The lowest BCUT2D eigenvalue weighted by Crippen LogP contribution is -2.27. The maximum Gasteiger partial charge on any atom is 0.332 e. The third kappa shape index (κ3) is 3.99. The maximum absolute atomic E-state index is 11.2. The van der Waals surface area contributed by atoms with Crippen LogP contribution in [0.2, 0.25) is 0 Å². The number of aromatic nitrogens is 2. The molecular formula is C9H16N6O4S. The van der Waals surface area contributed by atoms with Crippen molar-refractivity contribution in [2.75, 3.05) is 35.9 Å². The van der Waals surface area contributed by atoms with Crippen LogP contribution in [0.4, 0.5) is 17.5 Å². The molecule has 20 heavy (non-hydrogen) atoms. The van der Waals surface area contributed by atoms with Crippen LogP contribution in [0.3, 0.4) is 0 Å². The molecular weight excluding hydrogens is 288 g/mol. The van der Waals surface area contributed by atoms with Crippen LogP contribution in [-0.4, -0.2) is 48.9 Å². The zero-order chi connectivity index (χ0) is 15.5. The van der Waals surface area contributed by atoms with Crippen molar-refractivity contribution in [3.05, 3.63) is 15.8 Å². The fraction of sp³-hybridized carbons (Fsp3) is 0.556. The highest BCUT2D eigenvalue weighted by Crippen LogP contribution is 2.28. The number of nitro groups is 1. The second-order valence-corrected chi connectivity index (χ2v) is 6.52. The van der Waals surface area contributed by atoms with Gasteiger partial charge in [0.25, 0.3) is 0 Å². The van der Waals surface area contributed by atoms with E-state index in [-0.39, 0.29) is 35.4 Å². The van der Waals surface area contributed by atoms with E-state index in [1.165, 1.54) is 18.9 Å². The predicted octanol–water partition coefficient (Wildman–Crippen LogP) is -0.540. The molecule has 3 N–H and O–H groups in total. The molecule has 0 spiro atoms. The molecule has 1 rings (SSSR count). The quantitative estimate of drug-likeness (QED) is 0.402. The number of hydrogen-bond acceptors (Lipinski definition) is 9. The lowest BCUT2D eigenvalue weighted by atomic mass is 10.3. The van der Waals surface area contributed by atoms with E-state index in [1.54, 1.807) is 0 Å². The summed E-state index contributed by atoms with van der Waals surface area (Å²) in [4.78, 5) is 19.6. The first kappa shape index (κ1) is 16.0. The van der Waals surface area contributed by atoms with Crippen LogP contribution in [0.5, 0.6) is 0 Å². The number of nitrogens with zero attached hydrogens (tertiary/aromatic N) is 4. The highest BCUT2D eigenvalue weighted by molar-refractivity contribution is 7.90.